The molecule has 0 saturated heterocycles. The number of hydrogen-bond acceptors (Lipinski definition) is 3. The van der Waals surface area contributed by atoms with Crippen LogP contribution in [0.3, 0.4) is 0 Å². The SMILES string of the molecule is O=C(c1cn(S(=O)(=O)c2ccccc2)c2ccccc12)C(Br)Br. The number of rotatable bonds is 4. The summed E-state index contributed by atoms with van der Waals surface area (Å²) in [5.74, 6) is -0.233. The second-order valence-corrected chi connectivity index (χ2v) is 9.71. The molecule has 23 heavy (non-hydrogen) atoms. The highest BCUT2D eigenvalue weighted by Crippen LogP contribution is 2.28. The number of alkyl halides is 2. The van der Waals surface area contributed by atoms with E-state index < -0.39 is 13.8 Å². The van der Waals surface area contributed by atoms with Crippen molar-refractivity contribution in [3.05, 3.63) is 66.4 Å². The molecule has 3 aromatic rings. The van der Waals surface area contributed by atoms with Gasteiger partial charge in [0.05, 0.1) is 10.4 Å². The van der Waals surface area contributed by atoms with Gasteiger partial charge in [-0.25, -0.2) is 12.4 Å². The Labute approximate surface area is 150 Å². The van der Waals surface area contributed by atoms with Crippen LogP contribution in [0.5, 0.6) is 0 Å². The van der Waals surface area contributed by atoms with Gasteiger partial charge in [0.15, 0.2) is 5.78 Å². The summed E-state index contributed by atoms with van der Waals surface area (Å²) in [7, 11) is -3.77. The Balaban J connectivity index is 2.29. The molecule has 1 heterocycles. The normalized spacial score (nSPS) is 12.0. The minimum absolute atomic E-state index is 0.175. The van der Waals surface area contributed by atoms with Crippen molar-refractivity contribution >= 4 is 58.6 Å². The van der Waals surface area contributed by atoms with Crippen LogP contribution >= 0.6 is 31.9 Å². The maximum atomic E-state index is 12.9. The maximum Gasteiger partial charge on any atom is 0.268 e. The number of nitrogens with zero attached hydrogens (tertiary/aromatic N) is 1. The van der Waals surface area contributed by atoms with Crippen molar-refractivity contribution in [3.63, 3.8) is 0 Å². The van der Waals surface area contributed by atoms with Crippen molar-refractivity contribution in [1.29, 1.82) is 0 Å². The first-order valence-corrected chi connectivity index (χ1v) is 9.93. The molecule has 0 spiro atoms. The third-order valence-corrected chi connectivity index (χ3v) is 5.96. The van der Waals surface area contributed by atoms with E-state index in [0.717, 1.165) is 3.97 Å². The topological polar surface area (TPSA) is 56.1 Å². The highest BCUT2D eigenvalue weighted by Gasteiger charge is 2.25. The van der Waals surface area contributed by atoms with Crippen molar-refractivity contribution in [3.8, 4) is 0 Å². The maximum absolute atomic E-state index is 12.9. The quantitative estimate of drug-likeness (QED) is 0.437. The smallest absolute Gasteiger partial charge is 0.268 e. The highest BCUT2D eigenvalue weighted by atomic mass is 79.9. The molecule has 0 saturated carbocycles. The third-order valence-electron chi connectivity index (χ3n) is 3.44. The van der Waals surface area contributed by atoms with E-state index >= 15 is 0 Å². The second kappa shape index (κ2) is 6.22. The van der Waals surface area contributed by atoms with Crippen LogP contribution < -0.4 is 0 Å². The van der Waals surface area contributed by atoms with E-state index in [0.29, 0.717) is 16.5 Å². The lowest BCUT2D eigenvalue weighted by molar-refractivity contribution is 0.101. The van der Waals surface area contributed by atoms with Gasteiger partial charge < -0.3 is 0 Å². The minimum Gasteiger partial charge on any atom is -0.292 e. The fraction of sp³-hybridized carbons (Fsp3) is 0.0625. The fourth-order valence-corrected chi connectivity index (χ4v) is 4.25. The van der Waals surface area contributed by atoms with E-state index in [2.05, 4.69) is 31.9 Å². The van der Waals surface area contributed by atoms with Gasteiger partial charge in [0.25, 0.3) is 10.0 Å². The number of fused-ring (bicyclic) bond motifs is 1. The first-order chi connectivity index (χ1) is 10.9. The van der Waals surface area contributed by atoms with Crippen LogP contribution in [0.2, 0.25) is 0 Å². The van der Waals surface area contributed by atoms with E-state index in [-0.39, 0.29) is 10.7 Å². The lowest BCUT2D eigenvalue weighted by Gasteiger charge is -2.07. The van der Waals surface area contributed by atoms with Gasteiger partial charge in [0, 0.05) is 17.1 Å². The van der Waals surface area contributed by atoms with Crippen LogP contribution in [0.25, 0.3) is 10.9 Å². The van der Waals surface area contributed by atoms with Crippen molar-refractivity contribution < 1.29 is 13.2 Å². The van der Waals surface area contributed by atoms with Crippen LogP contribution in [0.15, 0.2) is 65.7 Å². The Kier molecular flexibility index (Phi) is 4.44. The second-order valence-electron chi connectivity index (χ2n) is 4.84. The molecule has 0 radical (unpaired) electrons. The van der Waals surface area contributed by atoms with E-state index in [1.807, 2.05) is 0 Å². The highest BCUT2D eigenvalue weighted by molar-refractivity contribution is 9.25. The van der Waals surface area contributed by atoms with Gasteiger partial charge in [-0.05, 0) is 18.2 Å². The Bertz CT molecular complexity index is 979. The number of benzene rings is 2. The molecular weight excluding hydrogens is 446 g/mol. The van der Waals surface area contributed by atoms with Gasteiger partial charge in [-0.1, -0.05) is 68.3 Å². The van der Waals surface area contributed by atoms with E-state index in [4.69, 9.17) is 0 Å². The molecule has 4 nitrogen and oxygen atoms in total. The average Bonchev–Trinajstić information content (AvgIpc) is 2.95. The summed E-state index contributed by atoms with van der Waals surface area (Å²) >= 11 is 6.35. The molecule has 0 unspecified atom stereocenters. The Morgan fingerprint density at radius 3 is 2.22 bits per heavy atom. The number of para-hydroxylation sites is 1. The van der Waals surface area contributed by atoms with Crippen molar-refractivity contribution in [2.75, 3.05) is 0 Å². The predicted octanol–water partition coefficient (Wildman–Crippen LogP) is 4.18. The summed E-state index contributed by atoms with van der Waals surface area (Å²) < 4.78 is 26.3. The number of hydrogen-bond donors (Lipinski definition) is 0. The van der Waals surface area contributed by atoms with Crippen molar-refractivity contribution in [1.82, 2.24) is 3.97 Å². The van der Waals surface area contributed by atoms with Gasteiger partial charge in [-0.3, -0.25) is 4.79 Å². The van der Waals surface area contributed by atoms with E-state index in [9.17, 15) is 13.2 Å². The number of Topliss-reactive ketones (excluding diaryl/α,β-unsaturated/α-hetero) is 1. The standard InChI is InChI=1S/C16H11Br2NO3S/c17-16(18)15(20)13-10-19(14-9-5-4-8-12(13)14)23(21,22)11-6-2-1-3-7-11/h1-10,16H. The number of carbonyl (C=O) groups excluding carboxylic acids is 1. The number of carbonyl (C=O) groups is 1. The molecule has 0 atom stereocenters. The molecule has 1 aromatic heterocycles. The first-order valence-electron chi connectivity index (χ1n) is 6.66. The number of halogens is 2. The van der Waals surface area contributed by atoms with Crippen LogP contribution in [-0.2, 0) is 10.0 Å². The zero-order valence-electron chi connectivity index (χ0n) is 11.7. The summed E-state index contributed by atoms with van der Waals surface area (Å²) in [6, 6.07) is 15.1. The summed E-state index contributed by atoms with van der Waals surface area (Å²) in [5, 5.41) is 0.598. The molecule has 2 aromatic carbocycles. The van der Waals surface area contributed by atoms with Gasteiger partial charge in [-0.15, -0.1) is 0 Å². The first kappa shape index (κ1) is 16.4. The Morgan fingerprint density at radius 1 is 0.957 bits per heavy atom. The summed E-state index contributed by atoms with van der Waals surface area (Å²) in [6.45, 7) is 0. The lowest BCUT2D eigenvalue weighted by atomic mass is 10.1. The zero-order chi connectivity index (χ0) is 16.6. The molecule has 0 aliphatic heterocycles. The third kappa shape index (κ3) is 2.88. The molecule has 0 N–H and O–H groups in total. The monoisotopic (exact) mass is 455 g/mol. The van der Waals surface area contributed by atoms with Crippen LogP contribution in [0.1, 0.15) is 10.4 Å². The average molecular weight is 457 g/mol. The van der Waals surface area contributed by atoms with Crippen LogP contribution in [0.4, 0.5) is 0 Å². The minimum atomic E-state index is -3.77. The van der Waals surface area contributed by atoms with Crippen molar-refractivity contribution in [2.45, 2.75) is 8.63 Å². The molecule has 7 heteroatoms. The Hall–Kier alpha value is -1.44. The zero-order valence-corrected chi connectivity index (χ0v) is 15.7. The van der Waals surface area contributed by atoms with Crippen LogP contribution in [0, 0.1) is 0 Å². The molecule has 0 aliphatic rings. The molecule has 3 rings (SSSR count). The van der Waals surface area contributed by atoms with E-state index in [1.165, 1.54) is 18.3 Å². The molecule has 0 bridgehead atoms. The predicted molar refractivity (Wildman–Crippen MR) is 96.9 cm³/mol. The van der Waals surface area contributed by atoms with Gasteiger partial charge in [0.2, 0.25) is 0 Å². The number of aromatic nitrogens is 1. The summed E-state index contributed by atoms with van der Waals surface area (Å²) in [4.78, 5) is 12.5. The summed E-state index contributed by atoms with van der Waals surface area (Å²) in [6.07, 6.45) is 1.38. The Morgan fingerprint density at radius 2 is 1.57 bits per heavy atom. The van der Waals surface area contributed by atoms with Gasteiger partial charge in [0.1, 0.15) is 3.74 Å². The number of ketones is 1. The van der Waals surface area contributed by atoms with Crippen molar-refractivity contribution in [2.24, 2.45) is 0 Å². The van der Waals surface area contributed by atoms with Gasteiger partial charge >= 0.3 is 0 Å². The molecule has 0 amide bonds. The molecule has 0 fully saturated rings. The largest absolute Gasteiger partial charge is 0.292 e. The lowest BCUT2D eigenvalue weighted by Crippen LogP contribution is -2.12. The molecule has 118 valence electrons. The fourth-order valence-electron chi connectivity index (χ4n) is 2.37. The van der Waals surface area contributed by atoms with Crippen LogP contribution in [-0.4, -0.2) is 21.9 Å². The molecular formula is C16H11Br2NO3S. The van der Waals surface area contributed by atoms with E-state index in [1.54, 1.807) is 42.5 Å². The summed E-state index contributed by atoms with van der Waals surface area (Å²) in [5.41, 5.74) is 0.819. The van der Waals surface area contributed by atoms with Gasteiger partial charge in [-0.2, -0.15) is 0 Å². The molecule has 0 aliphatic carbocycles.